The number of benzene rings is 1. The highest BCUT2D eigenvalue weighted by Crippen LogP contribution is 2.35. The van der Waals surface area contributed by atoms with Crippen molar-refractivity contribution in [3.8, 4) is 11.4 Å². The van der Waals surface area contributed by atoms with Crippen molar-refractivity contribution in [2.75, 3.05) is 13.1 Å². The van der Waals surface area contributed by atoms with Crippen LogP contribution in [0.1, 0.15) is 51.5 Å². The number of aromatic nitrogens is 2. The van der Waals surface area contributed by atoms with Crippen molar-refractivity contribution in [3.05, 3.63) is 35.2 Å². The minimum atomic E-state index is 0.0282. The standard InChI is InChI=1S/C20H25ClN4O2/c1-13(20-22-19(23-27-20)15-7-9-16(21)10-8-15)24-11-3-5-17(24)18-6-4-12-25(18)14(2)26/h7-10,13,17-18H,3-6,11-12H2,1-2H3. The summed E-state index contributed by atoms with van der Waals surface area (Å²) in [4.78, 5) is 21.1. The molecule has 27 heavy (non-hydrogen) atoms. The van der Waals surface area contributed by atoms with Gasteiger partial charge in [0.15, 0.2) is 0 Å². The molecule has 0 aliphatic carbocycles. The highest BCUT2D eigenvalue weighted by Gasteiger charge is 2.41. The summed E-state index contributed by atoms with van der Waals surface area (Å²) in [6.07, 6.45) is 4.41. The van der Waals surface area contributed by atoms with E-state index in [2.05, 4.69) is 22.0 Å². The molecule has 1 aromatic carbocycles. The molecule has 2 saturated heterocycles. The molecule has 1 aromatic heterocycles. The van der Waals surface area contributed by atoms with E-state index in [9.17, 15) is 4.79 Å². The van der Waals surface area contributed by atoms with Crippen LogP contribution in [0.15, 0.2) is 28.8 Å². The number of hydrogen-bond acceptors (Lipinski definition) is 5. The number of carbonyl (C=O) groups excluding carboxylic acids is 1. The number of amides is 1. The zero-order valence-corrected chi connectivity index (χ0v) is 16.5. The van der Waals surface area contributed by atoms with E-state index >= 15 is 0 Å². The molecule has 0 spiro atoms. The lowest BCUT2D eigenvalue weighted by atomic mass is 10.0. The first kappa shape index (κ1) is 18.4. The van der Waals surface area contributed by atoms with E-state index in [1.807, 2.05) is 29.2 Å². The predicted octanol–water partition coefficient (Wildman–Crippen LogP) is 3.93. The summed E-state index contributed by atoms with van der Waals surface area (Å²) < 4.78 is 5.59. The van der Waals surface area contributed by atoms with Gasteiger partial charge in [0.2, 0.25) is 17.6 Å². The van der Waals surface area contributed by atoms with Gasteiger partial charge in [0.1, 0.15) is 0 Å². The second-order valence-electron chi connectivity index (χ2n) is 7.51. The van der Waals surface area contributed by atoms with Crippen LogP contribution >= 0.6 is 11.6 Å². The molecule has 0 radical (unpaired) electrons. The van der Waals surface area contributed by atoms with Crippen LogP contribution in [0.2, 0.25) is 5.02 Å². The van der Waals surface area contributed by atoms with Gasteiger partial charge in [-0.2, -0.15) is 4.98 Å². The SMILES string of the molecule is CC(=O)N1CCCC1C1CCCN1C(C)c1nc(-c2ccc(Cl)cc2)no1. The van der Waals surface area contributed by atoms with Gasteiger partial charge in [0, 0.05) is 36.1 Å². The quantitative estimate of drug-likeness (QED) is 0.794. The molecule has 0 N–H and O–H groups in total. The van der Waals surface area contributed by atoms with Crippen molar-refractivity contribution in [3.63, 3.8) is 0 Å². The number of nitrogens with zero attached hydrogens (tertiary/aromatic N) is 4. The molecule has 3 unspecified atom stereocenters. The molecule has 1 amide bonds. The minimum absolute atomic E-state index is 0.0282. The monoisotopic (exact) mass is 388 g/mol. The molecule has 3 heterocycles. The molecule has 4 rings (SSSR count). The van der Waals surface area contributed by atoms with Crippen LogP contribution in [-0.4, -0.2) is 51.0 Å². The third-order valence-electron chi connectivity index (χ3n) is 5.89. The van der Waals surface area contributed by atoms with Gasteiger partial charge in [-0.25, -0.2) is 0 Å². The number of likely N-dealkylation sites (tertiary alicyclic amines) is 2. The molecule has 2 aliphatic heterocycles. The van der Waals surface area contributed by atoms with Crippen molar-refractivity contribution < 1.29 is 9.32 Å². The van der Waals surface area contributed by atoms with Gasteiger partial charge in [-0.1, -0.05) is 16.8 Å². The number of rotatable bonds is 4. The number of halogens is 1. The van der Waals surface area contributed by atoms with Crippen LogP contribution in [-0.2, 0) is 4.79 Å². The highest BCUT2D eigenvalue weighted by atomic mass is 35.5. The summed E-state index contributed by atoms with van der Waals surface area (Å²) >= 11 is 5.95. The van der Waals surface area contributed by atoms with Gasteiger partial charge in [0.25, 0.3) is 0 Å². The molecular weight excluding hydrogens is 364 g/mol. The van der Waals surface area contributed by atoms with E-state index in [0.29, 0.717) is 28.8 Å². The van der Waals surface area contributed by atoms with Crippen molar-refractivity contribution in [2.45, 2.75) is 57.7 Å². The average Bonchev–Trinajstić information content (AvgIpc) is 3.40. The maximum atomic E-state index is 12.0. The van der Waals surface area contributed by atoms with Crippen LogP contribution in [0.25, 0.3) is 11.4 Å². The molecule has 2 fully saturated rings. The van der Waals surface area contributed by atoms with Gasteiger partial charge in [-0.15, -0.1) is 0 Å². The summed E-state index contributed by atoms with van der Waals surface area (Å²) in [6.45, 7) is 5.66. The van der Waals surface area contributed by atoms with Crippen molar-refractivity contribution in [2.24, 2.45) is 0 Å². The molecule has 2 aliphatic rings. The largest absolute Gasteiger partial charge is 0.338 e. The van der Waals surface area contributed by atoms with E-state index in [-0.39, 0.29) is 11.9 Å². The lowest BCUT2D eigenvalue weighted by Gasteiger charge is -2.36. The average molecular weight is 389 g/mol. The van der Waals surface area contributed by atoms with E-state index in [1.54, 1.807) is 6.92 Å². The predicted molar refractivity (Wildman–Crippen MR) is 103 cm³/mol. The van der Waals surface area contributed by atoms with Crippen LogP contribution in [0, 0.1) is 0 Å². The highest BCUT2D eigenvalue weighted by molar-refractivity contribution is 6.30. The second kappa shape index (κ2) is 7.60. The molecule has 0 saturated carbocycles. The van der Waals surface area contributed by atoms with Gasteiger partial charge in [-0.05, 0) is 63.4 Å². The van der Waals surface area contributed by atoms with Crippen molar-refractivity contribution >= 4 is 17.5 Å². The Kier molecular flexibility index (Phi) is 5.19. The van der Waals surface area contributed by atoms with Gasteiger partial charge in [-0.3, -0.25) is 9.69 Å². The Bertz CT molecular complexity index is 807. The minimum Gasteiger partial charge on any atom is -0.338 e. The number of carbonyl (C=O) groups is 1. The molecule has 6 nitrogen and oxygen atoms in total. The summed E-state index contributed by atoms with van der Waals surface area (Å²) in [7, 11) is 0. The Balaban J connectivity index is 1.52. The van der Waals surface area contributed by atoms with Gasteiger partial charge in [0.05, 0.1) is 6.04 Å². The van der Waals surface area contributed by atoms with E-state index in [1.165, 1.54) is 0 Å². The molecular formula is C20H25ClN4O2. The van der Waals surface area contributed by atoms with E-state index in [4.69, 9.17) is 16.1 Å². The molecule has 7 heteroatoms. The molecule has 0 bridgehead atoms. The number of hydrogen-bond donors (Lipinski definition) is 0. The third-order valence-corrected chi connectivity index (χ3v) is 6.14. The lowest BCUT2D eigenvalue weighted by molar-refractivity contribution is -0.130. The maximum Gasteiger partial charge on any atom is 0.244 e. The maximum absolute atomic E-state index is 12.0. The van der Waals surface area contributed by atoms with Crippen LogP contribution in [0.3, 0.4) is 0 Å². The van der Waals surface area contributed by atoms with Crippen molar-refractivity contribution in [1.82, 2.24) is 19.9 Å². The van der Waals surface area contributed by atoms with Crippen LogP contribution in [0.5, 0.6) is 0 Å². The Morgan fingerprint density at radius 3 is 2.63 bits per heavy atom. The third kappa shape index (κ3) is 3.60. The van der Waals surface area contributed by atoms with Gasteiger partial charge < -0.3 is 9.42 Å². The fourth-order valence-electron chi connectivity index (χ4n) is 4.56. The normalized spacial score (nSPS) is 24.5. The lowest BCUT2D eigenvalue weighted by Crippen LogP contribution is -2.48. The first-order valence-electron chi connectivity index (χ1n) is 9.67. The second-order valence-corrected chi connectivity index (χ2v) is 7.94. The Hall–Kier alpha value is -1.92. The topological polar surface area (TPSA) is 62.5 Å². The fourth-order valence-corrected chi connectivity index (χ4v) is 4.68. The van der Waals surface area contributed by atoms with E-state index < -0.39 is 0 Å². The zero-order valence-electron chi connectivity index (χ0n) is 15.8. The summed E-state index contributed by atoms with van der Waals surface area (Å²) in [6, 6.07) is 8.11. The Morgan fingerprint density at radius 1 is 1.19 bits per heavy atom. The molecule has 3 atom stereocenters. The first-order chi connectivity index (χ1) is 13.0. The smallest absolute Gasteiger partial charge is 0.244 e. The van der Waals surface area contributed by atoms with Crippen LogP contribution in [0.4, 0.5) is 0 Å². The van der Waals surface area contributed by atoms with Crippen LogP contribution < -0.4 is 0 Å². The van der Waals surface area contributed by atoms with Gasteiger partial charge >= 0.3 is 0 Å². The summed E-state index contributed by atoms with van der Waals surface area (Å²) in [5, 5.41) is 4.84. The van der Waals surface area contributed by atoms with E-state index in [0.717, 1.165) is 44.3 Å². The Labute approximate surface area is 164 Å². The Morgan fingerprint density at radius 2 is 1.89 bits per heavy atom. The van der Waals surface area contributed by atoms with Crippen molar-refractivity contribution in [1.29, 1.82) is 0 Å². The summed E-state index contributed by atoms with van der Waals surface area (Å²) in [5.41, 5.74) is 0.887. The first-order valence-corrected chi connectivity index (χ1v) is 10.0. The zero-order chi connectivity index (χ0) is 19.0. The molecule has 2 aromatic rings. The summed E-state index contributed by atoms with van der Waals surface area (Å²) in [5.74, 6) is 1.38. The molecule has 144 valence electrons. The fraction of sp³-hybridized carbons (Fsp3) is 0.550.